The van der Waals surface area contributed by atoms with Crippen LogP contribution in [0, 0.1) is 23.2 Å². The zero-order valence-electron chi connectivity index (χ0n) is 6.22. The number of fused-ring (bicyclic) bond motifs is 1. The van der Waals surface area contributed by atoms with Crippen LogP contribution >= 0.6 is 0 Å². The van der Waals surface area contributed by atoms with E-state index in [1.807, 2.05) is 0 Å². The molecule has 2 atom stereocenters. The molecule has 0 N–H and O–H groups in total. The van der Waals surface area contributed by atoms with Crippen LogP contribution in [-0.2, 0) is 0 Å². The molecule has 0 heterocycles. The Kier molecular flexibility index (Phi) is 0.769. The predicted octanol–water partition coefficient (Wildman–Crippen LogP) is 2.46. The van der Waals surface area contributed by atoms with Crippen molar-refractivity contribution < 1.29 is 0 Å². The normalized spacial score (nSPS) is 60.4. The average Bonchev–Trinajstić information content (AvgIpc) is 2.70. The van der Waals surface area contributed by atoms with E-state index in [2.05, 4.69) is 26.5 Å². The van der Waals surface area contributed by atoms with Crippen LogP contribution < -0.4 is 0 Å². The monoisotopic (exact) mass is 122 g/mol. The van der Waals surface area contributed by atoms with E-state index in [4.69, 9.17) is 0 Å². The van der Waals surface area contributed by atoms with E-state index in [9.17, 15) is 0 Å². The first-order valence-electron chi connectivity index (χ1n) is 3.88. The van der Waals surface area contributed by atoms with Crippen LogP contribution in [0.2, 0.25) is 0 Å². The highest BCUT2D eigenvalue weighted by atomic mass is 14.8. The third-order valence-corrected chi connectivity index (χ3v) is 3.52. The summed E-state index contributed by atoms with van der Waals surface area (Å²) in [5, 5.41) is 0. The van der Waals surface area contributed by atoms with Crippen molar-refractivity contribution in [1.82, 2.24) is 0 Å². The Bertz CT molecular complexity index is 147. The van der Waals surface area contributed by atoms with Crippen molar-refractivity contribution in [3.05, 3.63) is 12.7 Å². The Balaban J connectivity index is 1.98. The standard InChI is InChI=1S/C9H14/c1-4-6-7-8(6)9(7,3)5-2/h4,6-8H,1,5H2,2-3H3. The van der Waals surface area contributed by atoms with Gasteiger partial charge in [-0.25, -0.2) is 0 Å². The SMILES string of the molecule is C=CC1C2C1C2(C)CC. The molecule has 0 amide bonds. The second-order valence-corrected chi connectivity index (χ2v) is 3.72. The first-order valence-corrected chi connectivity index (χ1v) is 3.88. The van der Waals surface area contributed by atoms with Crippen molar-refractivity contribution in [2.45, 2.75) is 20.3 Å². The lowest BCUT2D eigenvalue weighted by Crippen LogP contribution is -2.09. The summed E-state index contributed by atoms with van der Waals surface area (Å²) in [4.78, 5) is 0. The fourth-order valence-electron chi connectivity index (χ4n) is 2.50. The van der Waals surface area contributed by atoms with E-state index in [0.29, 0.717) is 0 Å². The summed E-state index contributed by atoms with van der Waals surface area (Å²) >= 11 is 0. The Morgan fingerprint density at radius 1 is 1.56 bits per heavy atom. The molecule has 0 nitrogen and oxygen atoms in total. The van der Waals surface area contributed by atoms with E-state index < -0.39 is 0 Å². The quantitative estimate of drug-likeness (QED) is 0.493. The van der Waals surface area contributed by atoms with E-state index in [1.165, 1.54) is 6.42 Å². The van der Waals surface area contributed by atoms with Crippen LogP contribution in [0.25, 0.3) is 0 Å². The van der Waals surface area contributed by atoms with Gasteiger partial charge >= 0.3 is 0 Å². The minimum absolute atomic E-state index is 0.749. The Labute approximate surface area is 57.0 Å². The average molecular weight is 122 g/mol. The fourth-order valence-corrected chi connectivity index (χ4v) is 2.50. The molecular weight excluding hydrogens is 108 g/mol. The summed E-state index contributed by atoms with van der Waals surface area (Å²) < 4.78 is 0. The molecule has 2 fully saturated rings. The van der Waals surface area contributed by atoms with Gasteiger partial charge in [0.2, 0.25) is 0 Å². The van der Waals surface area contributed by atoms with Crippen LogP contribution in [0.5, 0.6) is 0 Å². The first-order chi connectivity index (χ1) is 4.25. The van der Waals surface area contributed by atoms with Crippen LogP contribution in [0.3, 0.4) is 0 Å². The number of hydrogen-bond acceptors (Lipinski definition) is 0. The Hall–Kier alpha value is -0.260. The lowest BCUT2D eigenvalue weighted by Gasteiger charge is -2.16. The highest BCUT2D eigenvalue weighted by Crippen LogP contribution is 2.82. The highest BCUT2D eigenvalue weighted by molar-refractivity contribution is 5.30. The van der Waals surface area contributed by atoms with E-state index in [0.717, 1.165) is 23.2 Å². The maximum atomic E-state index is 3.80. The van der Waals surface area contributed by atoms with Crippen LogP contribution in [-0.4, -0.2) is 0 Å². The van der Waals surface area contributed by atoms with Crippen molar-refractivity contribution in [1.29, 1.82) is 0 Å². The Morgan fingerprint density at radius 3 is 2.44 bits per heavy atom. The lowest BCUT2D eigenvalue weighted by atomic mass is 9.88. The van der Waals surface area contributed by atoms with Crippen molar-refractivity contribution in [3.63, 3.8) is 0 Å². The minimum Gasteiger partial charge on any atom is -0.103 e. The van der Waals surface area contributed by atoms with Crippen LogP contribution in [0.15, 0.2) is 12.7 Å². The molecule has 0 aliphatic heterocycles. The van der Waals surface area contributed by atoms with Gasteiger partial charge in [-0.3, -0.25) is 0 Å². The summed E-state index contributed by atoms with van der Waals surface area (Å²) in [6.45, 7) is 8.51. The molecule has 50 valence electrons. The molecule has 0 aromatic carbocycles. The maximum absolute atomic E-state index is 3.80. The maximum Gasteiger partial charge on any atom is -0.0163 e. The minimum atomic E-state index is 0.749. The van der Waals surface area contributed by atoms with Gasteiger partial charge in [0.1, 0.15) is 0 Å². The predicted molar refractivity (Wildman–Crippen MR) is 39.1 cm³/mol. The summed E-state index contributed by atoms with van der Waals surface area (Å²) in [6.07, 6.45) is 3.50. The third kappa shape index (κ3) is 0.417. The van der Waals surface area contributed by atoms with Gasteiger partial charge in [0.15, 0.2) is 0 Å². The molecule has 2 saturated carbocycles. The molecule has 0 radical (unpaired) electrons. The van der Waals surface area contributed by atoms with Gasteiger partial charge in [-0.15, -0.1) is 6.58 Å². The second kappa shape index (κ2) is 1.25. The molecule has 9 heavy (non-hydrogen) atoms. The molecule has 2 unspecified atom stereocenters. The molecule has 0 bridgehead atoms. The van der Waals surface area contributed by atoms with Crippen molar-refractivity contribution >= 4 is 0 Å². The van der Waals surface area contributed by atoms with Crippen LogP contribution in [0.4, 0.5) is 0 Å². The lowest BCUT2D eigenvalue weighted by molar-refractivity contribution is 0.349. The largest absolute Gasteiger partial charge is 0.103 e. The zero-order chi connectivity index (χ0) is 6.65. The molecule has 2 aliphatic rings. The van der Waals surface area contributed by atoms with Gasteiger partial charge in [0.25, 0.3) is 0 Å². The zero-order valence-corrected chi connectivity index (χ0v) is 6.22. The number of allylic oxidation sites excluding steroid dienone is 1. The molecular formula is C9H14. The van der Waals surface area contributed by atoms with E-state index in [-0.39, 0.29) is 0 Å². The van der Waals surface area contributed by atoms with Gasteiger partial charge in [-0.2, -0.15) is 0 Å². The molecule has 0 saturated heterocycles. The molecule has 2 aliphatic carbocycles. The highest BCUT2D eigenvalue weighted by Gasteiger charge is 2.78. The van der Waals surface area contributed by atoms with Crippen molar-refractivity contribution in [3.8, 4) is 0 Å². The topological polar surface area (TPSA) is 0 Å². The van der Waals surface area contributed by atoms with E-state index >= 15 is 0 Å². The molecule has 0 heteroatoms. The third-order valence-electron chi connectivity index (χ3n) is 3.52. The molecule has 2 rings (SSSR count). The van der Waals surface area contributed by atoms with Gasteiger partial charge in [0.05, 0.1) is 0 Å². The molecule has 0 spiro atoms. The van der Waals surface area contributed by atoms with Crippen molar-refractivity contribution in [2.75, 3.05) is 0 Å². The first kappa shape index (κ1) is 5.52. The number of rotatable bonds is 2. The summed E-state index contributed by atoms with van der Waals surface area (Å²) in [5.41, 5.74) is 0.749. The molecule has 0 aromatic heterocycles. The number of hydrogen-bond donors (Lipinski definition) is 0. The smallest absolute Gasteiger partial charge is 0.0163 e. The Morgan fingerprint density at radius 2 is 2.11 bits per heavy atom. The van der Waals surface area contributed by atoms with Crippen LogP contribution in [0.1, 0.15) is 20.3 Å². The fraction of sp³-hybridized carbons (Fsp3) is 0.778. The second-order valence-electron chi connectivity index (χ2n) is 3.72. The van der Waals surface area contributed by atoms with Gasteiger partial charge in [-0.1, -0.05) is 26.3 Å². The van der Waals surface area contributed by atoms with E-state index in [1.54, 1.807) is 0 Å². The van der Waals surface area contributed by atoms with Gasteiger partial charge < -0.3 is 0 Å². The summed E-state index contributed by atoms with van der Waals surface area (Å²) in [5.74, 6) is 3.00. The van der Waals surface area contributed by atoms with Gasteiger partial charge in [0, 0.05) is 0 Å². The van der Waals surface area contributed by atoms with Crippen molar-refractivity contribution in [2.24, 2.45) is 23.2 Å². The summed E-state index contributed by atoms with van der Waals surface area (Å²) in [6, 6.07) is 0. The molecule has 0 aromatic rings. The van der Waals surface area contributed by atoms with Gasteiger partial charge in [-0.05, 0) is 23.2 Å². The summed E-state index contributed by atoms with van der Waals surface area (Å²) in [7, 11) is 0.